The fraction of sp³-hybridized carbons (Fsp3) is 0. The Bertz CT molecular complexity index is 762. The van der Waals surface area contributed by atoms with E-state index in [1.165, 1.54) is 0 Å². The molecule has 98 valence electrons. The fourth-order valence-electron chi connectivity index (χ4n) is 1.94. The summed E-state index contributed by atoms with van der Waals surface area (Å²) in [6.45, 7) is 0. The number of hydrogen-bond acceptors (Lipinski definition) is 3. The van der Waals surface area contributed by atoms with Crippen LogP contribution in [0.5, 0.6) is 0 Å². The van der Waals surface area contributed by atoms with Crippen molar-refractivity contribution < 1.29 is 4.79 Å². The predicted molar refractivity (Wildman–Crippen MR) is 77.6 cm³/mol. The number of hydrazone groups is 1. The minimum absolute atomic E-state index is 0.248. The van der Waals surface area contributed by atoms with Crippen LogP contribution in [0.15, 0.2) is 60.1 Å². The number of rotatable bonds is 3. The molecule has 1 amide bonds. The van der Waals surface area contributed by atoms with Crippen LogP contribution < -0.4 is 5.43 Å². The molecule has 0 atom stereocenters. The summed E-state index contributed by atoms with van der Waals surface area (Å²) < 4.78 is 0. The largest absolute Gasteiger partial charge is 0.360 e. The van der Waals surface area contributed by atoms with Crippen molar-refractivity contribution in [3.8, 4) is 0 Å². The van der Waals surface area contributed by atoms with Crippen molar-refractivity contribution >= 4 is 23.0 Å². The van der Waals surface area contributed by atoms with Gasteiger partial charge in [0.2, 0.25) is 0 Å². The van der Waals surface area contributed by atoms with E-state index in [4.69, 9.17) is 0 Å². The molecular formula is C15H12N4O. The molecule has 2 aromatic heterocycles. The lowest BCUT2D eigenvalue weighted by Crippen LogP contribution is -2.17. The van der Waals surface area contributed by atoms with Crippen molar-refractivity contribution in [3.05, 3.63) is 66.1 Å². The number of carbonyl (C=O) groups excluding carboxylic acids is 1. The molecule has 0 aliphatic carbocycles. The number of carbonyl (C=O) groups is 1. The van der Waals surface area contributed by atoms with Gasteiger partial charge in [-0.15, -0.1) is 0 Å². The highest BCUT2D eigenvalue weighted by molar-refractivity contribution is 6.06. The van der Waals surface area contributed by atoms with Gasteiger partial charge in [0.15, 0.2) is 0 Å². The fourth-order valence-corrected chi connectivity index (χ4v) is 1.94. The van der Waals surface area contributed by atoms with Gasteiger partial charge in [0, 0.05) is 35.1 Å². The third-order valence-corrected chi connectivity index (χ3v) is 2.90. The number of H-pyrrole nitrogens is 1. The lowest BCUT2D eigenvalue weighted by Gasteiger charge is -1.97. The Morgan fingerprint density at radius 1 is 1.25 bits per heavy atom. The SMILES string of the molecule is O=C(NN=Cc1cccnc1)c1c[nH]c2ccccc12. The average Bonchev–Trinajstić information content (AvgIpc) is 2.92. The number of aromatic nitrogens is 2. The highest BCUT2D eigenvalue weighted by atomic mass is 16.2. The lowest BCUT2D eigenvalue weighted by molar-refractivity contribution is 0.0957. The van der Waals surface area contributed by atoms with E-state index in [0.717, 1.165) is 16.5 Å². The van der Waals surface area contributed by atoms with Crippen LogP contribution in [0, 0.1) is 0 Å². The Hall–Kier alpha value is -2.95. The second kappa shape index (κ2) is 5.36. The summed E-state index contributed by atoms with van der Waals surface area (Å²) in [5.74, 6) is -0.248. The van der Waals surface area contributed by atoms with Crippen molar-refractivity contribution in [2.45, 2.75) is 0 Å². The van der Waals surface area contributed by atoms with E-state index in [-0.39, 0.29) is 5.91 Å². The van der Waals surface area contributed by atoms with Crippen LogP contribution >= 0.6 is 0 Å². The van der Waals surface area contributed by atoms with Crippen LogP contribution in [0.1, 0.15) is 15.9 Å². The van der Waals surface area contributed by atoms with Crippen molar-refractivity contribution in [3.63, 3.8) is 0 Å². The first-order valence-corrected chi connectivity index (χ1v) is 6.14. The average molecular weight is 264 g/mol. The predicted octanol–water partition coefficient (Wildman–Crippen LogP) is 2.33. The third-order valence-electron chi connectivity index (χ3n) is 2.90. The quantitative estimate of drug-likeness (QED) is 0.563. The molecule has 0 spiro atoms. The normalized spacial score (nSPS) is 11.0. The van der Waals surface area contributed by atoms with Gasteiger partial charge in [-0.05, 0) is 12.1 Å². The molecule has 1 aromatic carbocycles. The molecule has 5 nitrogen and oxygen atoms in total. The summed E-state index contributed by atoms with van der Waals surface area (Å²) in [5.41, 5.74) is 4.83. The molecule has 0 aliphatic heterocycles. The van der Waals surface area contributed by atoms with Crippen molar-refractivity contribution in [1.29, 1.82) is 0 Å². The van der Waals surface area contributed by atoms with E-state index in [0.29, 0.717) is 5.56 Å². The number of fused-ring (bicyclic) bond motifs is 1. The first kappa shape index (κ1) is 12.1. The van der Waals surface area contributed by atoms with Crippen molar-refractivity contribution in [1.82, 2.24) is 15.4 Å². The number of benzene rings is 1. The Morgan fingerprint density at radius 2 is 2.15 bits per heavy atom. The van der Waals surface area contributed by atoms with E-state index < -0.39 is 0 Å². The molecule has 0 unspecified atom stereocenters. The number of nitrogens with zero attached hydrogens (tertiary/aromatic N) is 2. The molecule has 0 bridgehead atoms. The summed E-state index contributed by atoms with van der Waals surface area (Å²) in [4.78, 5) is 19.1. The Balaban J connectivity index is 1.75. The zero-order valence-electron chi connectivity index (χ0n) is 10.6. The minimum Gasteiger partial charge on any atom is -0.360 e. The number of aromatic amines is 1. The number of para-hydroxylation sites is 1. The molecule has 0 radical (unpaired) electrons. The third kappa shape index (κ3) is 2.42. The van der Waals surface area contributed by atoms with E-state index in [1.54, 1.807) is 24.8 Å². The molecule has 0 fully saturated rings. The van der Waals surface area contributed by atoms with E-state index >= 15 is 0 Å². The molecule has 2 N–H and O–H groups in total. The van der Waals surface area contributed by atoms with Gasteiger partial charge in [0.05, 0.1) is 11.8 Å². The summed E-state index contributed by atoms with van der Waals surface area (Å²) in [5, 5.41) is 4.80. The van der Waals surface area contributed by atoms with Gasteiger partial charge in [-0.25, -0.2) is 5.43 Å². The molecule has 0 saturated carbocycles. The Kier molecular flexibility index (Phi) is 3.24. The highest BCUT2D eigenvalue weighted by Crippen LogP contribution is 2.17. The summed E-state index contributed by atoms with van der Waals surface area (Å²) in [6, 6.07) is 11.3. The van der Waals surface area contributed by atoms with Gasteiger partial charge in [-0.1, -0.05) is 24.3 Å². The van der Waals surface area contributed by atoms with Crippen LogP contribution in [-0.2, 0) is 0 Å². The monoisotopic (exact) mass is 264 g/mol. The molecular weight excluding hydrogens is 252 g/mol. The molecule has 2 heterocycles. The Labute approximate surface area is 115 Å². The molecule has 3 aromatic rings. The summed E-state index contributed by atoms with van der Waals surface area (Å²) >= 11 is 0. The van der Waals surface area contributed by atoms with Crippen LogP contribution in [0.2, 0.25) is 0 Å². The zero-order chi connectivity index (χ0) is 13.8. The lowest BCUT2D eigenvalue weighted by atomic mass is 10.2. The number of pyridine rings is 1. The molecule has 3 rings (SSSR count). The molecule has 0 aliphatic rings. The van der Waals surface area contributed by atoms with Gasteiger partial charge < -0.3 is 4.98 Å². The second-order valence-electron chi connectivity index (χ2n) is 4.23. The maximum atomic E-state index is 12.0. The standard InChI is InChI=1S/C15H12N4O/c20-15(19-18-9-11-4-3-7-16-8-11)13-10-17-14-6-2-1-5-12(13)14/h1-10,17H,(H,19,20). The van der Waals surface area contributed by atoms with Gasteiger partial charge >= 0.3 is 0 Å². The highest BCUT2D eigenvalue weighted by Gasteiger charge is 2.10. The molecule has 0 saturated heterocycles. The summed E-state index contributed by atoms with van der Waals surface area (Å²) in [7, 11) is 0. The second-order valence-corrected chi connectivity index (χ2v) is 4.23. The van der Waals surface area contributed by atoms with Gasteiger partial charge in [0.25, 0.3) is 5.91 Å². The van der Waals surface area contributed by atoms with E-state index in [2.05, 4.69) is 20.5 Å². The first-order valence-electron chi connectivity index (χ1n) is 6.14. The topological polar surface area (TPSA) is 70.1 Å². The van der Waals surface area contributed by atoms with Crippen LogP contribution in [0.25, 0.3) is 10.9 Å². The Morgan fingerprint density at radius 3 is 3.00 bits per heavy atom. The maximum Gasteiger partial charge on any atom is 0.273 e. The summed E-state index contributed by atoms with van der Waals surface area (Å²) in [6.07, 6.45) is 6.59. The smallest absolute Gasteiger partial charge is 0.273 e. The number of hydrogen-bond donors (Lipinski definition) is 2. The van der Waals surface area contributed by atoms with Gasteiger partial charge in [-0.3, -0.25) is 9.78 Å². The van der Waals surface area contributed by atoms with Gasteiger partial charge in [0.1, 0.15) is 0 Å². The number of nitrogens with one attached hydrogen (secondary N) is 2. The number of amides is 1. The van der Waals surface area contributed by atoms with Crippen molar-refractivity contribution in [2.24, 2.45) is 5.10 Å². The van der Waals surface area contributed by atoms with Crippen LogP contribution in [-0.4, -0.2) is 22.1 Å². The van der Waals surface area contributed by atoms with E-state index in [1.807, 2.05) is 36.4 Å². The molecule has 5 heteroatoms. The zero-order valence-corrected chi connectivity index (χ0v) is 10.6. The van der Waals surface area contributed by atoms with Crippen LogP contribution in [0.4, 0.5) is 0 Å². The van der Waals surface area contributed by atoms with E-state index in [9.17, 15) is 4.79 Å². The first-order chi connectivity index (χ1) is 9.84. The van der Waals surface area contributed by atoms with Gasteiger partial charge in [-0.2, -0.15) is 5.10 Å². The molecule has 20 heavy (non-hydrogen) atoms. The minimum atomic E-state index is -0.248. The van der Waals surface area contributed by atoms with Crippen molar-refractivity contribution in [2.75, 3.05) is 0 Å². The maximum absolute atomic E-state index is 12.0. The van der Waals surface area contributed by atoms with Crippen LogP contribution in [0.3, 0.4) is 0 Å².